The SMILES string of the molecule is C[C@@H]1SC(=N)N(c2ncc(Cc3ccc(Cl)cc3Cl)s2)C1=O. The first-order valence-electron chi connectivity index (χ1n) is 6.43. The normalized spacial score (nSPS) is 18.3. The molecule has 2 aromatic rings. The topological polar surface area (TPSA) is 57.1 Å². The molecule has 1 fully saturated rings. The van der Waals surface area contributed by atoms with Gasteiger partial charge in [-0.05, 0) is 24.6 Å². The number of thiazole rings is 1. The largest absolute Gasteiger partial charge is 0.278 e. The second kappa shape index (κ2) is 6.20. The van der Waals surface area contributed by atoms with Crippen LogP contribution in [-0.2, 0) is 11.2 Å². The molecule has 0 radical (unpaired) electrons. The molecule has 8 heteroatoms. The number of anilines is 1. The van der Waals surface area contributed by atoms with Gasteiger partial charge in [0.2, 0.25) is 5.91 Å². The highest BCUT2D eigenvalue weighted by molar-refractivity contribution is 8.16. The highest BCUT2D eigenvalue weighted by Crippen LogP contribution is 2.34. The number of nitrogens with one attached hydrogen (secondary N) is 1. The summed E-state index contributed by atoms with van der Waals surface area (Å²) in [4.78, 5) is 18.7. The number of rotatable bonds is 3. The van der Waals surface area contributed by atoms with E-state index in [-0.39, 0.29) is 16.3 Å². The van der Waals surface area contributed by atoms with Crippen LogP contribution in [0.25, 0.3) is 0 Å². The second-order valence-corrected chi connectivity index (χ2v) is 8.03. The lowest BCUT2D eigenvalue weighted by Gasteiger charge is -2.10. The predicted octanol–water partition coefficient (Wildman–Crippen LogP) is 4.44. The van der Waals surface area contributed by atoms with Gasteiger partial charge in [0.1, 0.15) is 0 Å². The zero-order valence-corrected chi connectivity index (χ0v) is 14.6. The van der Waals surface area contributed by atoms with E-state index in [4.69, 9.17) is 28.6 Å². The van der Waals surface area contributed by atoms with Crippen LogP contribution in [0, 0.1) is 5.41 Å². The van der Waals surface area contributed by atoms with Crippen molar-refractivity contribution in [1.29, 1.82) is 5.41 Å². The number of aromatic nitrogens is 1. The number of amidine groups is 1. The third-order valence-corrected chi connectivity index (χ3v) is 5.70. The van der Waals surface area contributed by atoms with Crippen molar-refractivity contribution >= 4 is 62.5 Å². The zero-order chi connectivity index (χ0) is 15.9. The first-order valence-corrected chi connectivity index (χ1v) is 8.88. The van der Waals surface area contributed by atoms with Crippen LogP contribution in [0.5, 0.6) is 0 Å². The van der Waals surface area contributed by atoms with Gasteiger partial charge in [0.25, 0.3) is 0 Å². The Kier molecular flexibility index (Phi) is 4.45. The second-order valence-electron chi connectivity index (χ2n) is 4.76. The van der Waals surface area contributed by atoms with E-state index in [9.17, 15) is 4.79 Å². The van der Waals surface area contributed by atoms with Crippen LogP contribution in [0.1, 0.15) is 17.4 Å². The number of hydrogen-bond donors (Lipinski definition) is 1. The van der Waals surface area contributed by atoms with Crippen molar-refractivity contribution in [3.05, 3.63) is 44.9 Å². The summed E-state index contributed by atoms with van der Waals surface area (Å²) in [6, 6.07) is 5.38. The Balaban J connectivity index is 1.82. The maximum atomic E-state index is 12.1. The van der Waals surface area contributed by atoms with Crippen LogP contribution in [0.3, 0.4) is 0 Å². The third-order valence-electron chi connectivity index (χ3n) is 3.17. The average molecular weight is 372 g/mol. The van der Waals surface area contributed by atoms with Gasteiger partial charge in [-0.3, -0.25) is 10.2 Å². The van der Waals surface area contributed by atoms with Crippen molar-refractivity contribution in [3.8, 4) is 0 Å². The fourth-order valence-corrected chi connectivity index (χ4v) is 4.37. The minimum Gasteiger partial charge on any atom is -0.278 e. The molecule has 1 aromatic heterocycles. The van der Waals surface area contributed by atoms with E-state index in [0.29, 0.717) is 21.6 Å². The monoisotopic (exact) mass is 371 g/mol. The maximum absolute atomic E-state index is 12.1. The summed E-state index contributed by atoms with van der Waals surface area (Å²) >= 11 is 14.7. The van der Waals surface area contributed by atoms with Gasteiger partial charge in [-0.2, -0.15) is 0 Å². The van der Waals surface area contributed by atoms with Gasteiger partial charge in [-0.1, -0.05) is 41.0 Å². The molecule has 2 heterocycles. The lowest BCUT2D eigenvalue weighted by atomic mass is 10.1. The van der Waals surface area contributed by atoms with Crippen molar-refractivity contribution in [3.63, 3.8) is 0 Å². The number of carbonyl (C=O) groups excluding carboxylic acids is 1. The van der Waals surface area contributed by atoms with Gasteiger partial charge in [-0.15, -0.1) is 11.3 Å². The molecular weight excluding hydrogens is 361 g/mol. The lowest BCUT2D eigenvalue weighted by molar-refractivity contribution is -0.116. The predicted molar refractivity (Wildman–Crippen MR) is 93.6 cm³/mol. The van der Waals surface area contributed by atoms with Crippen LogP contribution in [0.4, 0.5) is 5.13 Å². The number of nitrogens with zero attached hydrogens (tertiary/aromatic N) is 2. The first kappa shape index (κ1) is 15.8. The Morgan fingerprint density at radius 2 is 2.18 bits per heavy atom. The molecule has 22 heavy (non-hydrogen) atoms. The van der Waals surface area contributed by atoms with Gasteiger partial charge in [0.05, 0.1) is 5.25 Å². The molecule has 0 saturated carbocycles. The number of amides is 1. The molecule has 1 amide bonds. The van der Waals surface area contributed by atoms with Gasteiger partial charge < -0.3 is 0 Å². The molecule has 114 valence electrons. The van der Waals surface area contributed by atoms with E-state index in [1.165, 1.54) is 28.0 Å². The maximum Gasteiger partial charge on any atom is 0.248 e. The van der Waals surface area contributed by atoms with E-state index in [2.05, 4.69) is 4.98 Å². The Labute approximate surface area is 146 Å². The van der Waals surface area contributed by atoms with Crippen molar-refractivity contribution in [2.24, 2.45) is 0 Å². The summed E-state index contributed by atoms with van der Waals surface area (Å²) in [5.74, 6) is -0.0968. The van der Waals surface area contributed by atoms with E-state index in [1.807, 2.05) is 6.07 Å². The molecule has 0 aliphatic carbocycles. The molecule has 4 nitrogen and oxygen atoms in total. The summed E-state index contributed by atoms with van der Waals surface area (Å²) in [5.41, 5.74) is 0.951. The molecule has 0 unspecified atom stereocenters. The summed E-state index contributed by atoms with van der Waals surface area (Å²) in [6.07, 6.45) is 2.34. The minimum absolute atomic E-state index is 0.0968. The van der Waals surface area contributed by atoms with Crippen LogP contribution in [0.2, 0.25) is 10.0 Å². The number of carbonyl (C=O) groups is 1. The molecule has 1 aromatic carbocycles. The first-order chi connectivity index (χ1) is 10.5. The summed E-state index contributed by atoms with van der Waals surface area (Å²) < 4.78 is 0. The Morgan fingerprint density at radius 3 is 2.82 bits per heavy atom. The molecule has 1 saturated heterocycles. The average Bonchev–Trinajstić information content (AvgIpc) is 2.99. The molecule has 0 bridgehead atoms. The Hall–Kier alpha value is -1.08. The Bertz CT molecular complexity index is 762. The number of halogens is 2. The summed E-state index contributed by atoms with van der Waals surface area (Å²) in [7, 11) is 0. The van der Waals surface area contributed by atoms with Crippen molar-refractivity contribution in [2.75, 3.05) is 4.90 Å². The van der Waals surface area contributed by atoms with Crippen LogP contribution < -0.4 is 4.90 Å². The fourth-order valence-electron chi connectivity index (χ4n) is 2.07. The van der Waals surface area contributed by atoms with Gasteiger partial charge in [0, 0.05) is 27.5 Å². The molecule has 3 rings (SSSR count). The Morgan fingerprint density at radius 1 is 1.41 bits per heavy atom. The highest BCUT2D eigenvalue weighted by atomic mass is 35.5. The standard InChI is InChI=1S/C14H11Cl2N3OS2/c1-7-12(20)19(13(17)21-7)14-18-6-10(22-14)4-8-2-3-9(15)5-11(8)16/h2-3,5-7,17H,4H2,1H3/t7-/m0/s1. The summed E-state index contributed by atoms with van der Waals surface area (Å²) in [5, 5.41) is 9.63. The number of benzene rings is 1. The van der Waals surface area contributed by atoms with Crippen molar-refractivity contribution in [2.45, 2.75) is 18.6 Å². The molecule has 1 atom stereocenters. The quantitative estimate of drug-likeness (QED) is 0.866. The van der Waals surface area contributed by atoms with E-state index < -0.39 is 0 Å². The smallest absolute Gasteiger partial charge is 0.248 e. The summed E-state index contributed by atoms with van der Waals surface area (Å²) in [6.45, 7) is 1.80. The van der Waals surface area contributed by atoms with E-state index in [1.54, 1.807) is 25.3 Å². The molecule has 1 aliphatic rings. The van der Waals surface area contributed by atoms with E-state index >= 15 is 0 Å². The molecule has 1 aliphatic heterocycles. The van der Waals surface area contributed by atoms with E-state index in [0.717, 1.165) is 10.4 Å². The molecular formula is C14H11Cl2N3OS2. The molecule has 0 spiro atoms. The lowest BCUT2D eigenvalue weighted by Crippen LogP contribution is -2.30. The van der Waals surface area contributed by atoms with Crippen LogP contribution in [-0.4, -0.2) is 21.3 Å². The van der Waals surface area contributed by atoms with Gasteiger partial charge in [-0.25, -0.2) is 9.88 Å². The van der Waals surface area contributed by atoms with Gasteiger partial charge in [0.15, 0.2) is 10.3 Å². The third kappa shape index (κ3) is 3.01. The number of thioether (sulfide) groups is 1. The fraction of sp³-hybridized carbons (Fsp3) is 0.214. The van der Waals surface area contributed by atoms with Crippen molar-refractivity contribution in [1.82, 2.24) is 4.98 Å². The minimum atomic E-state index is -0.231. The van der Waals surface area contributed by atoms with Crippen LogP contribution in [0.15, 0.2) is 24.4 Å². The highest BCUT2D eigenvalue weighted by Gasteiger charge is 2.36. The van der Waals surface area contributed by atoms with Crippen molar-refractivity contribution < 1.29 is 4.79 Å². The van der Waals surface area contributed by atoms with Crippen LogP contribution >= 0.6 is 46.3 Å². The molecule has 1 N–H and O–H groups in total. The zero-order valence-electron chi connectivity index (χ0n) is 11.5. The van der Waals surface area contributed by atoms with Gasteiger partial charge >= 0.3 is 0 Å². The number of hydrogen-bond acceptors (Lipinski definition) is 5.